The number of sulfone groups is 1. The number of rotatable bonds is 10. The highest BCUT2D eigenvalue weighted by atomic mass is 79.9. The molecule has 0 aliphatic carbocycles. The lowest BCUT2D eigenvalue weighted by Gasteiger charge is -2.15. The molecule has 0 aliphatic heterocycles. The van der Waals surface area contributed by atoms with Gasteiger partial charge in [0.1, 0.15) is 11.5 Å². The van der Waals surface area contributed by atoms with Crippen LogP contribution in [0.25, 0.3) is 22.3 Å². The lowest BCUT2D eigenvalue weighted by Crippen LogP contribution is -2.07. The zero-order valence-corrected chi connectivity index (χ0v) is 26.4. The van der Waals surface area contributed by atoms with Crippen LogP contribution in [0.4, 0.5) is 0 Å². The summed E-state index contributed by atoms with van der Waals surface area (Å²) in [6.45, 7) is 8.00. The van der Waals surface area contributed by atoms with Crippen LogP contribution in [0.5, 0.6) is 11.5 Å². The molecule has 0 aliphatic rings. The number of alkyl halides is 2. The van der Waals surface area contributed by atoms with Crippen LogP contribution < -0.4 is 9.47 Å². The summed E-state index contributed by atoms with van der Waals surface area (Å²) in [5.74, 6) is 1.69. The van der Waals surface area contributed by atoms with Crippen molar-refractivity contribution in [1.29, 1.82) is 0 Å². The van der Waals surface area contributed by atoms with Gasteiger partial charge in [0.05, 0.1) is 22.0 Å². The second-order valence-electron chi connectivity index (χ2n) is 9.80. The Bertz CT molecular complexity index is 1420. The van der Waals surface area contributed by atoms with Crippen molar-refractivity contribution in [3.8, 4) is 33.8 Å². The van der Waals surface area contributed by atoms with Crippen molar-refractivity contribution in [3.63, 3.8) is 0 Å². The maximum atomic E-state index is 13.4. The third kappa shape index (κ3) is 6.94. The van der Waals surface area contributed by atoms with Gasteiger partial charge in [-0.15, -0.1) is 0 Å². The first-order chi connectivity index (χ1) is 18.6. The molecular formula is C32H32Br2O4S. The summed E-state index contributed by atoms with van der Waals surface area (Å²) in [4.78, 5) is 0.521. The van der Waals surface area contributed by atoms with E-state index in [1.165, 1.54) is 0 Å². The number of hydrogen-bond acceptors (Lipinski definition) is 4. The van der Waals surface area contributed by atoms with E-state index in [1.54, 1.807) is 24.3 Å². The summed E-state index contributed by atoms with van der Waals surface area (Å²) in [6.07, 6.45) is 0.174. The average molecular weight is 672 g/mol. The summed E-state index contributed by atoms with van der Waals surface area (Å²) in [7, 11) is -3.66. The van der Waals surface area contributed by atoms with Gasteiger partial charge in [-0.3, -0.25) is 0 Å². The zero-order chi connectivity index (χ0) is 28.2. The Hall–Kier alpha value is -2.61. The minimum Gasteiger partial charge on any atom is -0.491 e. The molecule has 0 aromatic heterocycles. The lowest BCUT2D eigenvalue weighted by atomic mass is 10.0. The SMILES string of the molecule is CC(C)Oc1ccc(-c2ccc(S(=O)(=O)c3ccc(-c4ccc(OC(C)C)c(CBr)c4)cc3)cc2)cc1CBr. The molecule has 0 unspecified atom stereocenters. The van der Waals surface area contributed by atoms with Crippen LogP contribution >= 0.6 is 31.9 Å². The predicted octanol–water partition coefficient (Wildman–Crippen LogP) is 9.22. The lowest BCUT2D eigenvalue weighted by molar-refractivity contribution is 0.240. The van der Waals surface area contributed by atoms with Crippen LogP contribution in [0, 0.1) is 0 Å². The molecule has 0 fully saturated rings. The quantitative estimate of drug-likeness (QED) is 0.158. The summed E-state index contributed by atoms with van der Waals surface area (Å²) >= 11 is 7.08. The van der Waals surface area contributed by atoms with Crippen LogP contribution in [0.15, 0.2) is 94.7 Å². The molecule has 4 nitrogen and oxygen atoms in total. The summed E-state index contributed by atoms with van der Waals surface area (Å²) in [5.41, 5.74) is 5.97. The van der Waals surface area contributed by atoms with E-state index in [9.17, 15) is 8.42 Å². The highest BCUT2D eigenvalue weighted by molar-refractivity contribution is 9.08. The number of hydrogen-bond donors (Lipinski definition) is 0. The summed E-state index contributed by atoms with van der Waals surface area (Å²) in [5, 5.41) is 1.33. The van der Waals surface area contributed by atoms with E-state index in [-0.39, 0.29) is 22.0 Å². The van der Waals surface area contributed by atoms with Crippen molar-refractivity contribution in [1.82, 2.24) is 0 Å². The Morgan fingerprint density at radius 1 is 0.564 bits per heavy atom. The number of benzene rings is 4. The Kier molecular flexibility index (Phi) is 9.57. The summed E-state index contributed by atoms with van der Waals surface area (Å²) < 4.78 is 38.5. The monoisotopic (exact) mass is 670 g/mol. The molecule has 4 aromatic rings. The highest BCUT2D eigenvalue weighted by Gasteiger charge is 2.18. The minimum absolute atomic E-state index is 0.0869. The second-order valence-corrected chi connectivity index (χ2v) is 12.9. The highest BCUT2D eigenvalue weighted by Crippen LogP contribution is 2.32. The summed E-state index contributed by atoms with van der Waals surface area (Å²) in [6, 6.07) is 26.1. The van der Waals surface area contributed by atoms with Crippen molar-refractivity contribution >= 4 is 41.7 Å². The smallest absolute Gasteiger partial charge is 0.206 e. The second kappa shape index (κ2) is 12.7. The molecule has 0 bridgehead atoms. The Labute approximate surface area is 248 Å². The van der Waals surface area contributed by atoms with E-state index < -0.39 is 9.84 Å². The van der Waals surface area contributed by atoms with Crippen molar-refractivity contribution in [3.05, 3.63) is 96.1 Å². The normalized spacial score (nSPS) is 11.7. The fourth-order valence-electron chi connectivity index (χ4n) is 4.25. The van der Waals surface area contributed by atoms with E-state index in [1.807, 2.05) is 76.2 Å². The fraction of sp³-hybridized carbons (Fsp3) is 0.250. The minimum atomic E-state index is -3.66. The topological polar surface area (TPSA) is 52.6 Å². The van der Waals surface area contributed by atoms with Gasteiger partial charge < -0.3 is 9.47 Å². The molecule has 39 heavy (non-hydrogen) atoms. The van der Waals surface area contributed by atoms with Crippen molar-refractivity contribution in [2.75, 3.05) is 0 Å². The molecule has 0 atom stereocenters. The molecule has 204 valence electrons. The van der Waals surface area contributed by atoms with E-state index in [2.05, 4.69) is 44.0 Å². The maximum Gasteiger partial charge on any atom is 0.206 e. The molecule has 4 aromatic carbocycles. The van der Waals surface area contributed by atoms with Gasteiger partial charge in [0.25, 0.3) is 0 Å². The number of halogens is 2. The molecule has 0 spiro atoms. The molecular weight excluding hydrogens is 640 g/mol. The van der Waals surface area contributed by atoms with Gasteiger partial charge in [-0.1, -0.05) is 68.3 Å². The molecule has 0 radical (unpaired) electrons. The van der Waals surface area contributed by atoms with E-state index in [0.717, 1.165) is 44.9 Å². The van der Waals surface area contributed by atoms with E-state index in [4.69, 9.17) is 9.47 Å². The van der Waals surface area contributed by atoms with Gasteiger partial charge in [-0.25, -0.2) is 8.42 Å². The van der Waals surface area contributed by atoms with E-state index in [0.29, 0.717) is 10.7 Å². The predicted molar refractivity (Wildman–Crippen MR) is 166 cm³/mol. The fourth-order valence-corrected chi connectivity index (χ4v) is 6.39. The van der Waals surface area contributed by atoms with Crippen LogP contribution in [0.1, 0.15) is 38.8 Å². The van der Waals surface area contributed by atoms with Crippen molar-refractivity contribution in [2.45, 2.75) is 60.4 Å². The first-order valence-electron chi connectivity index (χ1n) is 12.8. The Balaban J connectivity index is 1.56. The Morgan fingerprint density at radius 2 is 0.897 bits per heavy atom. The van der Waals surface area contributed by atoms with Crippen molar-refractivity contribution in [2.24, 2.45) is 0 Å². The molecule has 0 saturated heterocycles. The van der Waals surface area contributed by atoms with E-state index >= 15 is 0 Å². The van der Waals surface area contributed by atoms with Gasteiger partial charge in [0.2, 0.25) is 9.84 Å². The largest absolute Gasteiger partial charge is 0.491 e. The van der Waals surface area contributed by atoms with Crippen molar-refractivity contribution < 1.29 is 17.9 Å². The Morgan fingerprint density at radius 3 is 1.21 bits per heavy atom. The third-order valence-corrected chi connectivity index (χ3v) is 9.12. The zero-order valence-electron chi connectivity index (χ0n) is 22.4. The first kappa shape index (κ1) is 29.4. The molecule has 0 amide bonds. The third-order valence-electron chi connectivity index (χ3n) is 6.13. The first-order valence-corrected chi connectivity index (χ1v) is 16.5. The molecule has 4 rings (SSSR count). The van der Waals surface area contributed by atoms with Gasteiger partial charge in [-0.05, 0) is 98.5 Å². The molecule has 0 saturated carbocycles. The maximum absolute atomic E-state index is 13.4. The average Bonchev–Trinajstić information content (AvgIpc) is 2.93. The van der Waals surface area contributed by atoms with Crippen LogP contribution in [0.3, 0.4) is 0 Å². The molecule has 7 heteroatoms. The van der Waals surface area contributed by atoms with Gasteiger partial charge in [-0.2, -0.15) is 0 Å². The van der Waals surface area contributed by atoms with Crippen LogP contribution in [-0.2, 0) is 20.5 Å². The molecule has 0 heterocycles. The molecule has 0 N–H and O–H groups in total. The standard InChI is InChI=1S/C32H32Br2O4S/c1-21(2)37-31-15-9-25(17-27(31)19-33)23-5-11-29(12-6-23)39(35,36)30-13-7-24(8-14-30)26-10-16-32(38-22(3)4)28(18-26)20-34/h5-18,21-22H,19-20H2,1-4H3. The van der Waals surface area contributed by atoms with Gasteiger partial charge >= 0.3 is 0 Å². The van der Waals surface area contributed by atoms with Crippen LogP contribution in [-0.4, -0.2) is 20.6 Å². The van der Waals surface area contributed by atoms with Gasteiger partial charge in [0.15, 0.2) is 0 Å². The van der Waals surface area contributed by atoms with Gasteiger partial charge in [0, 0.05) is 21.8 Å². The van der Waals surface area contributed by atoms with Crippen LogP contribution in [0.2, 0.25) is 0 Å². The number of ether oxygens (including phenoxy) is 2.